The molecule has 1 aromatic rings. The Labute approximate surface area is 106 Å². The third kappa shape index (κ3) is 3.25. The molecule has 0 bridgehead atoms. The maximum Gasteiger partial charge on any atom is 0.327 e. The summed E-state index contributed by atoms with van der Waals surface area (Å²) >= 11 is 0. The number of halogens is 1. The number of carbonyl (C=O) groups excluding carboxylic acids is 1. The molecule has 0 fully saturated rings. The van der Waals surface area contributed by atoms with Gasteiger partial charge >= 0.3 is 5.97 Å². The van der Waals surface area contributed by atoms with E-state index in [2.05, 4.69) is 4.74 Å². The van der Waals surface area contributed by atoms with E-state index < -0.39 is 12.0 Å². The summed E-state index contributed by atoms with van der Waals surface area (Å²) in [5, 5.41) is 0. The van der Waals surface area contributed by atoms with E-state index in [9.17, 15) is 4.79 Å². The molecule has 0 heterocycles. The second-order valence-corrected chi connectivity index (χ2v) is 3.08. The van der Waals surface area contributed by atoms with Crippen LogP contribution in [0.15, 0.2) is 18.2 Å². The molecule has 96 valence electrons. The van der Waals surface area contributed by atoms with Gasteiger partial charge in [0.1, 0.15) is 17.5 Å². The summed E-state index contributed by atoms with van der Waals surface area (Å²) in [7, 11) is 4.29. The predicted molar refractivity (Wildman–Crippen MR) is 65.7 cm³/mol. The van der Waals surface area contributed by atoms with Crippen molar-refractivity contribution in [3.8, 4) is 11.5 Å². The number of esters is 1. The zero-order chi connectivity index (χ0) is 12.1. The van der Waals surface area contributed by atoms with Crippen LogP contribution in [0.25, 0.3) is 0 Å². The average molecular weight is 262 g/mol. The first-order valence-electron chi connectivity index (χ1n) is 4.70. The molecular formula is C11H16ClNO4. The molecule has 0 aliphatic carbocycles. The molecule has 5 nitrogen and oxygen atoms in total. The molecule has 0 aliphatic rings. The van der Waals surface area contributed by atoms with E-state index in [1.807, 2.05) is 0 Å². The number of carbonyl (C=O) groups is 1. The van der Waals surface area contributed by atoms with Crippen LogP contribution in [0.5, 0.6) is 11.5 Å². The lowest BCUT2D eigenvalue weighted by Crippen LogP contribution is -2.23. The molecule has 1 rings (SSSR count). The molecular weight excluding hydrogens is 246 g/mol. The van der Waals surface area contributed by atoms with E-state index in [-0.39, 0.29) is 12.4 Å². The Morgan fingerprint density at radius 2 is 1.65 bits per heavy atom. The zero-order valence-corrected chi connectivity index (χ0v) is 10.7. The molecule has 0 spiro atoms. The van der Waals surface area contributed by atoms with Gasteiger partial charge in [0.05, 0.1) is 26.9 Å². The summed E-state index contributed by atoms with van der Waals surface area (Å²) in [5.74, 6) is 0.456. The van der Waals surface area contributed by atoms with Crippen LogP contribution in [-0.2, 0) is 9.53 Å². The van der Waals surface area contributed by atoms with Gasteiger partial charge in [-0.15, -0.1) is 12.4 Å². The number of benzene rings is 1. The molecule has 0 unspecified atom stereocenters. The van der Waals surface area contributed by atoms with E-state index in [4.69, 9.17) is 15.2 Å². The van der Waals surface area contributed by atoms with Crippen LogP contribution in [0.3, 0.4) is 0 Å². The van der Waals surface area contributed by atoms with Crippen LogP contribution in [0.1, 0.15) is 11.6 Å². The minimum atomic E-state index is -0.920. The zero-order valence-electron chi connectivity index (χ0n) is 9.93. The smallest absolute Gasteiger partial charge is 0.327 e. The van der Waals surface area contributed by atoms with Gasteiger partial charge < -0.3 is 19.9 Å². The molecule has 0 radical (unpaired) electrons. The van der Waals surface area contributed by atoms with Gasteiger partial charge in [0.25, 0.3) is 0 Å². The lowest BCUT2D eigenvalue weighted by Gasteiger charge is -2.16. The van der Waals surface area contributed by atoms with Crippen molar-refractivity contribution in [3.63, 3.8) is 0 Å². The van der Waals surface area contributed by atoms with Gasteiger partial charge in [-0.05, 0) is 12.1 Å². The predicted octanol–water partition coefficient (Wildman–Crippen LogP) is 1.30. The fourth-order valence-electron chi connectivity index (χ4n) is 1.43. The summed E-state index contributed by atoms with van der Waals surface area (Å²) in [6, 6.07) is 4.25. The average Bonchev–Trinajstić information content (AvgIpc) is 2.35. The second-order valence-electron chi connectivity index (χ2n) is 3.08. The van der Waals surface area contributed by atoms with E-state index in [1.54, 1.807) is 18.2 Å². The fraction of sp³-hybridized carbons (Fsp3) is 0.364. The van der Waals surface area contributed by atoms with Crippen LogP contribution in [0.4, 0.5) is 0 Å². The van der Waals surface area contributed by atoms with Crippen molar-refractivity contribution in [3.05, 3.63) is 23.8 Å². The van der Waals surface area contributed by atoms with Gasteiger partial charge in [-0.25, -0.2) is 4.79 Å². The maximum absolute atomic E-state index is 11.4. The highest BCUT2D eigenvalue weighted by Gasteiger charge is 2.24. The molecule has 1 aromatic carbocycles. The van der Waals surface area contributed by atoms with Gasteiger partial charge in [-0.1, -0.05) is 6.07 Å². The third-order valence-corrected chi connectivity index (χ3v) is 2.23. The lowest BCUT2D eigenvalue weighted by molar-refractivity contribution is -0.142. The molecule has 0 aliphatic heterocycles. The molecule has 0 amide bonds. The number of hydrogen-bond acceptors (Lipinski definition) is 5. The Bertz CT molecular complexity index is 361. The van der Waals surface area contributed by atoms with Gasteiger partial charge in [-0.2, -0.15) is 0 Å². The van der Waals surface area contributed by atoms with Gasteiger partial charge in [0.2, 0.25) is 0 Å². The number of methoxy groups -OCH3 is 3. The summed E-state index contributed by atoms with van der Waals surface area (Å²) in [6.07, 6.45) is 0. The third-order valence-electron chi connectivity index (χ3n) is 2.23. The van der Waals surface area contributed by atoms with Gasteiger partial charge in [0, 0.05) is 0 Å². The molecule has 6 heteroatoms. The molecule has 0 saturated carbocycles. The summed E-state index contributed by atoms with van der Waals surface area (Å²) in [4.78, 5) is 11.4. The van der Waals surface area contributed by atoms with Crippen molar-refractivity contribution in [2.45, 2.75) is 6.04 Å². The van der Waals surface area contributed by atoms with Crippen molar-refractivity contribution >= 4 is 18.4 Å². The van der Waals surface area contributed by atoms with E-state index in [1.165, 1.54) is 21.3 Å². The molecule has 1 atom stereocenters. The molecule has 0 aromatic heterocycles. The maximum atomic E-state index is 11.4. The Morgan fingerprint density at radius 3 is 2.00 bits per heavy atom. The normalized spacial score (nSPS) is 11.1. The number of ether oxygens (including phenoxy) is 3. The second kappa shape index (κ2) is 6.98. The SMILES string of the molecule is COC(=O)[C@@H](N)c1c(OC)cccc1OC.Cl. The van der Waals surface area contributed by atoms with Crippen molar-refractivity contribution in [2.75, 3.05) is 21.3 Å². The largest absolute Gasteiger partial charge is 0.496 e. The van der Waals surface area contributed by atoms with Crippen molar-refractivity contribution in [1.82, 2.24) is 0 Å². The first-order valence-corrected chi connectivity index (χ1v) is 4.70. The van der Waals surface area contributed by atoms with Gasteiger partial charge in [-0.3, -0.25) is 0 Å². The molecule has 17 heavy (non-hydrogen) atoms. The summed E-state index contributed by atoms with van der Waals surface area (Å²) < 4.78 is 14.9. The topological polar surface area (TPSA) is 70.8 Å². The minimum absolute atomic E-state index is 0. The van der Waals surface area contributed by atoms with E-state index in [0.717, 1.165) is 0 Å². The number of rotatable bonds is 4. The van der Waals surface area contributed by atoms with Crippen LogP contribution < -0.4 is 15.2 Å². The highest BCUT2D eigenvalue weighted by atomic mass is 35.5. The van der Waals surface area contributed by atoms with E-state index in [0.29, 0.717) is 17.1 Å². The summed E-state index contributed by atoms with van der Waals surface area (Å²) in [6.45, 7) is 0. The minimum Gasteiger partial charge on any atom is -0.496 e. The highest BCUT2D eigenvalue weighted by molar-refractivity contribution is 5.85. The van der Waals surface area contributed by atoms with Crippen LogP contribution in [-0.4, -0.2) is 27.3 Å². The standard InChI is InChI=1S/C11H15NO4.ClH/c1-14-7-5-4-6-8(15-2)9(7)10(12)11(13)16-3;/h4-6,10H,12H2,1-3H3;1H/t10-;/m0./s1. The first kappa shape index (κ1) is 15.5. The monoisotopic (exact) mass is 261 g/mol. The molecule has 2 N–H and O–H groups in total. The van der Waals surface area contributed by atoms with Crippen molar-refractivity contribution in [1.29, 1.82) is 0 Å². The Balaban J connectivity index is 0.00000256. The number of hydrogen-bond donors (Lipinski definition) is 1. The summed E-state index contributed by atoms with van der Waals surface area (Å²) in [5.41, 5.74) is 6.25. The number of nitrogens with two attached hydrogens (primary N) is 1. The fourth-order valence-corrected chi connectivity index (χ4v) is 1.43. The molecule has 0 saturated heterocycles. The quantitative estimate of drug-likeness (QED) is 0.827. The van der Waals surface area contributed by atoms with Gasteiger partial charge in [0.15, 0.2) is 0 Å². The Hall–Kier alpha value is -1.46. The Kier molecular flexibility index (Phi) is 6.38. The van der Waals surface area contributed by atoms with Crippen LogP contribution in [0.2, 0.25) is 0 Å². The lowest BCUT2D eigenvalue weighted by atomic mass is 10.1. The first-order chi connectivity index (χ1) is 7.65. The van der Waals surface area contributed by atoms with Crippen molar-refractivity contribution in [2.24, 2.45) is 5.73 Å². The van der Waals surface area contributed by atoms with Crippen LogP contribution >= 0.6 is 12.4 Å². The van der Waals surface area contributed by atoms with Crippen molar-refractivity contribution < 1.29 is 19.0 Å². The Morgan fingerprint density at radius 1 is 1.18 bits per heavy atom. The van der Waals surface area contributed by atoms with Crippen LogP contribution in [0, 0.1) is 0 Å². The highest BCUT2D eigenvalue weighted by Crippen LogP contribution is 2.33. The van der Waals surface area contributed by atoms with E-state index >= 15 is 0 Å².